The molecule has 0 aliphatic carbocycles. The highest BCUT2D eigenvalue weighted by atomic mass is 16.5. The second-order valence-corrected chi connectivity index (χ2v) is 6.44. The molecule has 4 rings (SSSR count). The molecule has 7 heteroatoms. The van der Waals surface area contributed by atoms with E-state index in [1.807, 2.05) is 30.3 Å². The fourth-order valence-electron chi connectivity index (χ4n) is 3.51. The maximum atomic E-state index is 13.0. The van der Waals surface area contributed by atoms with E-state index in [0.29, 0.717) is 22.3 Å². The second kappa shape index (κ2) is 7.35. The summed E-state index contributed by atoms with van der Waals surface area (Å²) >= 11 is 0. The highest BCUT2D eigenvalue weighted by molar-refractivity contribution is 5.94. The molecule has 1 unspecified atom stereocenters. The van der Waals surface area contributed by atoms with Crippen molar-refractivity contribution in [3.8, 4) is 11.5 Å². The second-order valence-electron chi connectivity index (χ2n) is 6.44. The first-order chi connectivity index (χ1) is 14.0. The third-order valence-electron chi connectivity index (χ3n) is 4.78. The molecule has 148 valence electrons. The van der Waals surface area contributed by atoms with Gasteiger partial charge in [0, 0.05) is 6.07 Å². The summed E-state index contributed by atoms with van der Waals surface area (Å²) in [7, 11) is 1.52. The molecule has 0 saturated carbocycles. The summed E-state index contributed by atoms with van der Waals surface area (Å²) in [6, 6.07) is 14.1. The fraction of sp³-hybridized carbons (Fsp3) is 0.182. The predicted octanol–water partition coefficient (Wildman–Crippen LogP) is 3.06. The summed E-state index contributed by atoms with van der Waals surface area (Å²) in [6.07, 6.45) is 0. The van der Waals surface area contributed by atoms with Gasteiger partial charge in [0.25, 0.3) is 0 Å². The van der Waals surface area contributed by atoms with Crippen LogP contribution >= 0.6 is 0 Å². The summed E-state index contributed by atoms with van der Waals surface area (Å²) < 4.78 is 21.7. The molecule has 7 nitrogen and oxygen atoms in total. The number of carbonyl (C=O) groups is 1. The van der Waals surface area contributed by atoms with Gasteiger partial charge in [-0.05, 0) is 24.6 Å². The van der Waals surface area contributed by atoms with Crippen molar-refractivity contribution in [3.63, 3.8) is 0 Å². The Labute approximate surface area is 166 Å². The molecule has 0 fully saturated rings. The van der Waals surface area contributed by atoms with Crippen LogP contribution in [0.2, 0.25) is 0 Å². The van der Waals surface area contributed by atoms with Crippen LogP contribution in [0.5, 0.6) is 11.5 Å². The first-order valence-electron chi connectivity index (χ1n) is 9.09. The Bertz CT molecular complexity index is 1180. The molecule has 2 heterocycles. The van der Waals surface area contributed by atoms with Gasteiger partial charge in [0.2, 0.25) is 5.88 Å². The first-order valence-corrected chi connectivity index (χ1v) is 9.09. The molecule has 29 heavy (non-hydrogen) atoms. The van der Waals surface area contributed by atoms with Gasteiger partial charge in [-0.1, -0.05) is 30.3 Å². The molecule has 0 saturated heterocycles. The van der Waals surface area contributed by atoms with Gasteiger partial charge < -0.3 is 24.4 Å². The molecule has 0 amide bonds. The van der Waals surface area contributed by atoms with E-state index in [1.54, 1.807) is 25.1 Å². The van der Waals surface area contributed by atoms with Gasteiger partial charge in [-0.15, -0.1) is 0 Å². The maximum Gasteiger partial charge on any atom is 0.344 e. The van der Waals surface area contributed by atoms with Crippen molar-refractivity contribution in [2.45, 2.75) is 12.8 Å². The van der Waals surface area contributed by atoms with Crippen LogP contribution < -0.4 is 20.8 Å². The average Bonchev–Trinajstić information content (AvgIpc) is 2.73. The van der Waals surface area contributed by atoms with Crippen molar-refractivity contribution in [1.29, 1.82) is 0 Å². The number of carbonyl (C=O) groups excluding carboxylic acids is 1. The number of hydrogen-bond donors (Lipinski definition) is 1. The largest absolute Gasteiger partial charge is 0.497 e. The number of nitrogens with two attached hydrogens (primary N) is 1. The van der Waals surface area contributed by atoms with Gasteiger partial charge in [0.05, 0.1) is 30.6 Å². The number of ether oxygens (including phenoxy) is 3. The van der Waals surface area contributed by atoms with E-state index in [2.05, 4.69) is 0 Å². The van der Waals surface area contributed by atoms with Crippen molar-refractivity contribution in [2.24, 2.45) is 5.73 Å². The Balaban J connectivity index is 2.02. The third kappa shape index (κ3) is 3.10. The summed E-state index contributed by atoms with van der Waals surface area (Å²) in [5.41, 5.74) is 6.80. The maximum absolute atomic E-state index is 13.0. The Hall–Kier alpha value is -3.74. The minimum absolute atomic E-state index is 0.0747. The Morgan fingerprint density at radius 1 is 1.17 bits per heavy atom. The van der Waals surface area contributed by atoms with Crippen LogP contribution in [-0.2, 0) is 9.53 Å². The van der Waals surface area contributed by atoms with E-state index in [0.717, 1.165) is 0 Å². The number of hydrogen-bond acceptors (Lipinski definition) is 7. The van der Waals surface area contributed by atoms with Crippen molar-refractivity contribution < 1.29 is 23.4 Å². The molecular weight excluding hydrogens is 374 g/mol. The number of rotatable bonds is 4. The molecule has 1 aliphatic heterocycles. The number of fused-ring (bicyclic) bond motifs is 3. The third-order valence-corrected chi connectivity index (χ3v) is 4.78. The molecule has 1 atom stereocenters. The van der Waals surface area contributed by atoms with E-state index in [-0.39, 0.29) is 29.4 Å². The standard InChI is InChI=1S/C22H19NO6/c1-3-27-21(24)18-16(12-7-5-4-6-8-12)17-19(29-20(18)23)14-10-9-13(26-2)11-15(14)28-22(17)25/h4-11,16H,3,23H2,1-2H3. The van der Waals surface area contributed by atoms with Crippen molar-refractivity contribution >= 4 is 16.9 Å². The van der Waals surface area contributed by atoms with Crippen LogP contribution in [0.4, 0.5) is 0 Å². The Kier molecular flexibility index (Phi) is 4.72. The fourth-order valence-corrected chi connectivity index (χ4v) is 3.51. The molecule has 0 radical (unpaired) electrons. The van der Waals surface area contributed by atoms with Crippen LogP contribution in [0.3, 0.4) is 0 Å². The van der Waals surface area contributed by atoms with E-state index in [1.165, 1.54) is 7.11 Å². The summed E-state index contributed by atoms with van der Waals surface area (Å²) in [6.45, 7) is 1.86. The first kappa shape index (κ1) is 18.6. The quantitative estimate of drug-likeness (QED) is 0.537. The monoisotopic (exact) mass is 393 g/mol. The minimum Gasteiger partial charge on any atom is -0.497 e. The van der Waals surface area contributed by atoms with Crippen molar-refractivity contribution in [3.05, 3.63) is 81.5 Å². The zero-order valence-corrected chi connectivity index (χ0v) is 15.9. The molecule has 0 bridgehead atoms. The van der Waals surface area contributed by atoms with Crippen molar-refractivity contribution in [1.82, 2.24) is 0 Å². The highest BCUT2D eigenvalue weighted by Crippen LogP contribution is 2.44. The van der Waals surface area contributed by atoms with Crippen LogP contribution in [0.25, 0.3) is 11.0 Å². The van der Waals surface area contributed by atoms with Gasteiger partial charge in [-0.25, -0.2) is 9.59 Å². The summed E-state index contributed by atoms with van der Waals surface area (Å²) in [5.74, 6) is -0.724. The van der Waals surface area contributed by atoms with E-state index in [4.69, 9.17) is 24.4 Å². The number of benzene rings is 2. The van der Waals surface area contributed by atoms with Gasteiger partial charge in [0.15, 0.2) is 5.75 Å². The lowest BCUT2D eigenvalue weighted by atomic mass is 9.83. The minimum atomic E-state index is -0.776. The molecule has 2 aromatic carbocycles. The van der Waals surface area contributed by atoms with Crippen LogP contribution in [0.15, 0.2) is 69.2 Å². The SMILES string of the molecule is CCOC(=O)C1=C(N)Oc2c(c(=O)oc3cc(OC)ccc23)C1c1ccccc1. The lowest BCUT2D eigenvalue weighted by Crippen LogP contribution is -2.31. The summed E-state index contributed by atoms with van der Waals surface area (Å²) in [4.78, 5) is 25.7. The molecule has 1 aromatic heterocycles. The molecule has 3 aromatic rings. The molecule has 1 aliphatic rings. The van der Waals surface area contributed by atoms with Crippen LogP contribution in [0.1, 0.15) is 24.0 Å². The Morgan fingerprint density at radius 2 is 1.93 bits per heavy atom. The smallest absolute Gasteiger partial charge is 0.344 e. The van der Waals surface area contributed by atoms with E-state index >= 15 is 0 Å². The molecule has 0 spiro atoms. The lowest BCUT2D eigenvalue weighted by Gasteiger charge is -2.28. The van der Waals surface area contributed by atoms with Gasteiger partial charge in [-0.3, -0.25) is 0 Å². The van der Waals surface area contributed by atoms with Gasteiger partial charge >= 0.3 is 11.6 Å². The van der Waals surface area contributed by atoms with Crippen molar-refractivity contribution in [2.75, 3.05) is 13.7 Å². The van der Waals surface area contributed by atoms with Crippen LogP contribution in [0, 0.1) is 0 Å². The Morgan fingerprint density at radius 3 is 2.62 bits per heavy atom. The highest BCUT2D eigenvalue weighted by Gasteiger charge is 2.39. The van der Waals surface area contributed by atoms with E-state index < -0.39 is 17.5 Å². The normalized spacial score (nSPS) is 15.6. The number of methoxy groups -OCH3 is 1. The zero-order chi connectivity index (χ0) is 20.5. The average molecular weight is 393 g/mol. The zero-order valence-electron chi connectivity index (χ0n) is 15.9. The topological polar surface area (TPSA) is 101 Å². The van der Waals surface area contributed by atoms with Gasteiger partial charge in [-0.2, -0.15) is 0 Å². The lowest BCUT2D eigenvalue weighted by molar-refractivity contribution is -0.139. The van der Waals surface area contributed by atoms with Crippen LogP contribution in [-0.4, -0.2) is 19.7 Å². The predicted molar refractivity (Wildman–Crippen MR) is 106 cm³/mol. The molecular formula is C22H19NO6. The molecule has 2 N–H and O–H groups in total. The van der Waals surface area contributed by atoms with Gasteiger partial charge in [0.1, 0.15) is 16.9 Å². The van der Waals surface area contributed by atoms with E-state index in [9.17, 15) is 9.59 Å². The number of esters is 1. The summed E-state index contributed by atoms with van der Waals surface area (Å²) in [5, 5.41) is 0.548.